The van der Waals surface area contributed by atoms with E-state index in [0.717, 1.165) is 4.90 Å². The minimum Gasteiger partial charge on any atom is -0.398 e. The number of benzene rings is 2. The number of nitrogen functional groups attached to an aromatic ring is 1. The first-order chi connectivity index (χ1) is 9.11. The molecule has 0 atom stereocenters. The summed E-state index contributed by atoms with van der Waals surface area (Å²) in [6.45, 7) is 0. The third-order valence-corrected chi connectivity index (χ3v) is 4.17. The summed E-state index contributed by atoms with van der Waals surface area (Å²) in [6, 6.07) is 11.5. The highest BCUT2D eigenvalue weighted by Gasteiger charge is 2.09. The number of rotatable bonds is 3. The van der Waals surface area contributed by atoms with Crippen molar-refractivity contribution >= 4 is 29.1 Å². The van der Waals surface area contributed by atoms with Crippen LogP contribution in [0.3, 0.4) is 0 Å². The van der Waals surface area contributed by atoms with E-state index in [1.165, 1.54) is 30.0 Å². The van der Waals surface area contributed by atoms with Crippen molar-refractivity contribution in [3.8, 4) is 6.07 Å². The van der Waals surface area contributed by atoms with Crippen molar-refractivity contribution in [2.45, 2.75) is 10.6 Å². The van der Waals surface area contributed by atoms with Crippen molar-refractivity contribution in [1.29, 1.82) is 5.26 Å². The van der Waals surface area contributed by atoms with E-state index in [1.807, 2.05) is 6.07 Å². The first kappa shape index (κ1) is 13.7. The van der Waals surface area contributed by atoms with Crippen molar-refractivity contribution in [2.24, 2.45) is 0 Å². The second-order valence-corrected chi connectivity index (χ2v) is 5.26. The fourth-order valence-electron chi connectivity index (χ4n) is 1.58. The van der Waals surface area contributed by atoms with Crippen molar-refractivity contribution < 1.29 is 4.39 Å². The van der Waals surface area contributed by atoms with Crippen LogP contribution < -0.4 is 5.73 Å². The topological polar surface area (TPSA) is 49.8 Å². The smallest absolute Gasteiger partial charge is 0.127 e. The molecule has 2 N–H and O–H groups in total. The highest BCUT2D eigenvalue weighted by Crippen LogP contribution is 2.34. The number of hydrogen-bond donors (Lipinski definition) is 1. The second kappa shape index (κ2) is 5.96. The summed E-state index contributed by atoms with van der Waals surface area (Å²) < 4.78 is 13.6. The number of nitriles is 1. The number of nitrogens with zero attached hydrogens (tertiary/aromatic N) is 1. The Hall–Kier alpha value is -1.70. The Labute approximate surface area is 120 Å². The molecular weight excluding hydrogens is 283 g/mol. The molecule has 0 bridgehead atoms. The number of nitrogens with two attached hydrogens (primary N) is 1. The summed E-state index contributed by atoms with van der Waals surface area (Å²) in [6.07, 6.45) is 0. The van der Waals surface area contributed by atoms with Gasteiger partial charge in [-0.05, 0) is 35.9 Å². The minimum absolute atomic E-state index is 0.336. The Bertz CT molecular complexity index is 632. The molecule has 0 unspecified atom stereocenters. The van der Waals surface area contributed by atoms with Crippen molar-refractivity contribution in [2.75, 3.05) is 5.73 Å². The quantitative estimate of drug-likeness (QED) is 0.680. The maximum atomic E-state index is 13.6. The van der Waals surface area contributed by atoms with E-state index in [1.54, 1.807) is 18.2 Å². The van der Waals surface area contributed by atoms with Crippen LogP contribution in [0.4, 0.5) is 10.1 Å². The third-order valence-electron chi connectivity index (χ3n) is 2.54. The molecule has 0 saturated carbocycles. The maximum Gasteiger partial charge on any atom is 0.127 e. The monoisotopic (exact) mass is 292 g/mol. The molecule has 96 valence electrons. The molecule has 19 heavy (non-hydrogen) atoms. The van der Waals surface area contributed by atoms with Crippen LogP contribution in [-0.4, -0.2) is 0 Å². The fraction of sp³-hybridized carbons (Fsp3) is 0.0714. The van der Waals surface area contributed by atoms with Gasteiger partial charge in [0.2, 0.25) is 0 Å². The van der Waals surface area contributed by atoms with Crippen molar-refractivity contribution in [1.82, 2.24) is 0 Å². The lowest BCUT2D eigenvalue weighted by Gasteiger charge is -2.08. The second-order valence-electron chi connectivity index (χ2n) is 3.86. The van der Waals surface area contributed by atoms with Gasteiger partial charge in [-0.25, -0.2) is 4.39 Å². The molecule has 0 aliphatic rings. The molecule has 0 aliphatic carbocycles. The molecule has 0 aliphatic heterocycles. The summed E-state index contributed by atoms with van der Waals surface area (Å²) in [5, 5.41) is 9.35. The van der Waals surface area contributed by atoms with E-state index in [-0.39, 0.29) is 5.82 Å². The Balaban J connectivity index is 2.22. The first-order valence-electron chi connectivity index (χ1n) is 5.47. The zero-order valence-corrected chi connectivity index (χ0v) is 11.4. The van der Waals surface area contributed by atoms with E-state index in [2.05, 4.69) is 0 Å². The van der Waals surface area contributed by atoms with E-state index in [9.17, 15) is 4.39 Å². The molecule has 0 radical (unpaired) electrons. The van der Waals surface area contributed by atoms with E-state index in [0.29, 0.717) is 27.6 Å². The Morgan fingerprint density at radius 3 is 2.79 bits per heavy atom. The number of thioether (sulfide) groups is 1. The number of hydrogen-bond acceptors (Lipinski definition) is 3. The third kappa shape index (κ3) is 3.19. The van der Waals surface area contributed by atoms with Crippen LogP contribution in [0.15, 0.2) is 41.3 Å². The molecule has 2 aromatic carbocycles. The fourth-order valence-corrected chi connectivity index (χ4v) is 2.89. The zero-order chi connectivity index (χ0) is 13.8. The maximum absolute atomic E-state index is 13.6. The summed E-state index contributed by atoms with van der Waals surface area (Å²) in [5.41, 5.74) is 7.29. The van der Waals surface area contributed by atoms with Gasteiger partial charge in [0.15, 0.2) is 0 Å². The largest absolute Gasteiger partial charge is 0.398 e. The Kier molecular flexibility index (Phi) is 4.31. The predicted molar refractivity (Wildman–Crippen MR) is 76.5 cm³/mol. The molecular formula is C14H10ClFN2S. The van der Waals surface area contributed by atoms with Gasteiger partial charge < -0.3 is 5.73 Å². The van der Waals surface area contributed by atoms with Crippen LogP contribution >= 0.6 is 23.4 Å². The van der Waals surface area contributed by atoms with Gasteiger partial charge in [-0.15, -0.1) is 11.8 Å². The van der Waals surface area contributed by atoms with Crippen LogP contribution in [0.25, 0.3) is 0 Å². The van der Waals surface area contributed by atoms with Gasteiger partial charge in [-0.2, -0.15) is 5.26 Å². The van der Waals surface area contributed by atoms with E-state index in [4.69, 9.17) is 22.6 Å². The standard InChI is InChI=1S/C14H10ClFN2S/c15-11-2-1-3-13(18)14(11)19-8-10-6-9(7-17)4-5-12(10)16/h1-6H,8,18H2. The average Bonchev–Trinajstić information content (AvgIpc) is 2.40. The van der Waals surface area contributed by atoms with Crippen LogP contribution in [0.1, 0.15) is 11.1 Å². The molecule has 0 saturated heterocycles. The van der Waals surface area contributed by atoms with E-state index < -0.39 is 0 Å². The predicted octanol–water partition coefficient (Wildman–Crippen LogP) is 4.23. The zero-order valence-electron chi connectivity index (χ0n) is 9.86. The van der Waals surface area contributed by atoms with Gasteiger partial charge in [-0.1, -0.05) is 17.7 Å². The van der Waals surface area contributed by atoms with Gasteiger partial charge in [0.25, 0.3) is 0 Å². The molecule has 2 rings (SSSR count). The Morgan fingerprint density at radius 1 is 1.32 bits per heavy atom. The summed E-state index contributed by atoms with van der Waals surface area (Å²) >= 11 is 7.40. The lowest BCUT2D eigenvalue weighted by molar-refractivity contribution is 0.617. The van der Waals surface area contributed by atoms with Gasteiger partial charge in [-0.3, -0.25) is 0 Å². The highest BCUT2D eigenvalue weighted by molar-refractivity contribution is 7.98. The molecule has 2 aromatic rings. The van der Waals surface area contributed by atoms with Gasteiger partial charge in [0, 0.05) is 16.3 Å². The van der Waals surface area contributed by atoms with Crippen LogP contribution in [0.5, 0.6) is 0 Å². The minimum atomic E-state index is -0.336. The van der Waals surface area contributed by atoms with Crippen molar-refractivity contribution in [3.05, 3.63) is 58.4 Å². The van der Waals surface area contributed by atoms with Crippen molar-refractivity contribution in [3.63, 3.8) is 0 Å². The Morgan fingerprint density at radius 2 is 2.11 bits per heavy atom. The summed E-state index contributed by atoms with van der Waals surface area (Å²) in [4.78, 5) is 0.728. The van der Waals surface area contributed by atoms with E-state index >= 15 is 0 Å². The molecule has 0 heterocycles. The van der Waals surface area contributed by atoms with Gasteiger partial charge in [0.05, 0.1) is 16.7 Å². The normalized spacial score (nSPS) is 10.2. The molecule has 5 heteroatoms. The summed E-state index contributed by atoms with van der Waals surface area (Å²) in [5.74, 6) is 0.0343. The SMILES string of the molecule is N#Cc1ccc(F)c(CSc2c(N)cccc2Cl)c1. The van der Waals surface area contributed by atoms with Crippen LogP contribution in [-0.2, 0) is 5.75 Å². The van der Waals surface area contributed by atoms with Gasteiger partial charge in [0.1, 0.15) is 5.82 Å². The number of anilines is 1. The lowest BCUT2D eigenvalue weighted by atomic mass is 10.1. The molecule has 0 aromatic heterocycles. The molecule has 0 fully saturated rings. The molecule has 0 amide bonds. The average molecular weight is 293 g/mol. The van der Waals surface area contributed by atoms with Gasteiger partial charge >= 0.3 is 0 Å². The highest BCUT2D eigenvalue weighted by atomic mass is 35.5. The molecule has 2 nitrogen and oxygen atoms in total. The number of halogens is 2. The lowest BCUT2D eigenvalue weighted by Crippen LogP contribution is -1.92. The van der Waals surface area contributed by atoms with Crippen LogP contribution in [0.2, 0.25) is 5.02 Å². The summed E-state index contributed by atoms with van der Waals surface area (Å²) in [7, 11) is 0. The first-order valence-corrected chi connectivity index (χ1v) is 6.83. The molecule has 0 spiro atoms. The van der Waals surface area contributed by atoms with Crippen LogP contribution in [0, 0.1) is 17.1 Å².